The summed E-state index contributed by atoms with van der Waals surface area (Å²) >= 11 is 0. The van der Waals surface area contributed by atoms with Gasteiger partial charge in [-0.1, -0.05) is 27.7 Å². The Bertz CT molecular complexity index is 355. The van der Waals surface area contributed by atoms with Crippen molar-refractivity contribution in [2.24, 2.45) is 11.8 Å². The second-order valence-electron chi connectivity index (χ2n) is 5.31. The number of hydrogen-bond acceptors (Lipinski definition) is 4. The summed E-state index contributed by atoms with van der Waals surface area (Å²) in [5.41, 5.74) is 0. The molecule has 0 fully saturated rings. The number of carboxylic acid groups (broad SMARTS) is 1. The second-order valence-corrected chi connectivity index (χ2v) is 5.31. The van der Waals surface area contributed by atoms with Crippen molar-refractivity contribution in [2.45, 2.75) is 46.2 Å². The number of esters is 1. The lowest BCUT2D eigenvalue weighted by Crippen LogP contribution is -2.52. The Morgan fingerprint density at radius 2 is 1.60 bits per heavy atom. The van der Waals surface area contributed by atoms with Gasteiger partial charge in [-0.15, -0.1) is 0 Å². The fraction of sp³-hybridized carbons (Fsp3) is 0.769. The van der Waals surface area contributed by atoms with E-state index in [-0.39, 0.29) is 18.3 Å². The first-order valence-electron chi connectivity index (χ1n) is 6.55. The average molecular weight is 288 g/mol. The Hall–Kier alpha value is -1.79. The summed E-state index contributed by atoms with van der Waals surface area (Å²) in [5, 5.41) is 13.9. The van der Waals surface area contributed by atoms with Gasteiger partial charge in [0.1, 0.15) is 6.04 Å². The molecule has 0 aliphatic rings. The van der Waals surface area contributed by atoms with Crippen LogP contribution in [0.25, 0.3) is 0 Å². The van der Waals surface area contributed by atoms with E-state index in [4.69, 9.17) is 5.11 Å². The first-order valence-corrected chi connectivity index (χ1v) is 6.55. The molecule has 2 amide bonds. The van der Waals surface area contributed by atoms with Crippen LogP contribution >= 0.6 is 0 Å². The molecule has 116 valence electrons. The summed E-state index contributed by atoms with van der Waals surface area (Å²) < 4.78 is 4.62. The third-order valence-corrected chi connectivity index (χ3v) is 2.92. The average Bonchev–Trinajstić information content (AvgIpc) is 2.33. The number of methoxy groups -OCH3 is 1. The zero-order valence-electron chi connectivity index (χ0n) is 12.6. The molecule has 0 aromatic carbocycles. The first-order chi connectivity index (χ1) is 9.18. The van der Waals surface area contributed by atoms with E-state index in [1.54, 1.807) is 13.8 Å². The molecule has 0 spiro atoms. The van der Waals surface area contributed by atoms with E-state index in [1.807, 2.05) is 13.8 Å². The Kier molecular flexibility index (Phi) is 7.64. The van der Waals surface area contributed by atoms with Gasteiger partial charge in [0.15, 0.2) is 0 Å². The summed E-state index contributed by atoms with van der Waals surface area (Å²) in [6.07, 6.45) is -0.171. The highest BCUT2D eigenvalue weighted by Crippen LogP contribution is 2.07. The molecule has 0 aliphatic carbocycles. The Morgan fingerprint density at radius 3 is 1.95 bits per heavy atom. The predicted octanol–water partition coefficient (Wildman–Crippen LogP) is 0.982. The van der Waals surface area contributed by atoms with Crippen molar-refractivity contribution < 1.29 is 24.2 Å². The number of carbonyl (C=O) groups is 3. The molecular weight excluding hydrogens is 264 g/mol. The van der Waals surface area contributed by atoms with Crippen molar-refractivity contribution in [3.8, 4) is 0 Å². The summed E-state index contributed by atoms with van der Waals surface area (Å²) in [6, 6.07) is -1.84. The van der Waals surface area contributed by atoms with Gasteiger partial charge in [0.2, 0.25) is 0 Å². The number of ether oxygens (including phenoxy) is 1. The highest BCUT2D eigenvalue weighted by atomic mass is 16.5. The van der Waals surface area contributed by atoms with Crippen molar-refractivity contribution in [2.75, 3.05) is 7.11 Å². The van der Waals surface area contributed by atoms with Gasteiger partial charge in [-0.2, -0.15) is 0 Å². The van der Waals surface area contributed by atoms with E-state index >= 15 is 0 Å². The van der Waals surface area contributed by atoms with E-state index in [1.165, 1.54) is 7.11 Å². The van der Waals surface area contributed by atoms with Crippen molar-refractivity contribution >= 4 is 18.0 Å². The number of amides is 2. The van der Waals surface area contributed by atoms with E-state index < -0.39 is 30.1 Å². The van der Waals surface area contributed by atoms with Crippen LogP contribution in [0.4, 0.5) is 4.79 Å². The maximum absolute atomic E-state index is 11.9. The molecule has 0 rings (SSSR count). The third kappa shape index (κ3) is 6.40. The molecular formula is C13H24N2O5. The fourth-order valence-electron chi connectivity index (χ4n) is 1.62. The van der Waals surface area contributed by atoms with Crippen LogP contribution in [0.1, 0.15) is 34.1 Å². The lowest BCUT2D eigenvalue weighted by atomic mass is 10.0. The van der Waals surface area contributed by atoms with E-state index in [2.05, 4.69) is 15.4 Å². The molecule has 0 bridgehead atoms. The van der Waals surface area contributed by atoms with E-state index in [0.717, 1.165) is 0 Å². The monoisotopic (exact) mass is 288 g/mol. The quantitative estimate of drug-likeness (QED) is 0.606. The number of aliphatic carboxylic acids is 1. The lowest BCUT2D eigenvalue weighted by molar-refractivity contribution is -0.144. The summed E-state index contributed by atoms with van der Waals surface area (Å²) in [5.74, 6) is -1.69. The maximum Gasteiger partial charge on any atom is 0.328 e. The maximum atomic E-state index is 11.9. The van der Waals surface area contributed by atoms with Crippen molar-refractivity contribution in [1.29, 1.82) is 0 Å². The van der Waals surface area contributed by atoms with Gasteiger partial charge in [-0.3, -0.25) is 4.79 Å². The minimum atomic E-state index is -0.989. The van der Waals surface area contributed by atoms with Crippen LogP contribution in [0.5, 0.6) is 0 Å². The molecule has 0 aliphatic heterocycles. The van der Waals surface area contributed by atoms with Crippen LogP contribution in [0.15, 0.2) is 0 Å². The van der Waals surface area contributed by atoms with Gasteiger partial charge in [0, 0.05) is 6.04 Å². The van der Waals surface area contributed by atoms with Crippen LogP contribution in [0.2, 0.25) is 0 Å². The van der Waals surface area contributed by atoms with Gasteiger partial charge in [-0.05, 0) is 11.8 Å². The van der Waals surface area contributed by atoms with Crippen molar-refractivity contribution in [1.82, 2.24) is 10.6 Å². The first kappa shape index (κ1) is 18.2. The van der Waals surface area contributed by atoms with Crippen LogP contribution in [-0.4, -0.2) is 42.3 Å². The van der Waals surface area contributed by atoms with Gasteiger partial charge >= 0.3 is 18.0 Å². The number of hydrogen-bond donors (Lipinski definition) is 3. The Labute approximate surface area is 119 Å². The molecule has 7 heteroatoms. The molecule has 20 heavy (non-hydrogen) atoms. The predicted molar refractivity (Wildman–Crippen MR) is 73.2 cm³/mol. The molecule has 0 saturated carbocycles. The van der Waals surface area contributed by atoms with Gasteiger partial charge in [-0.25, -0.2) is 9.59 Å². The largest absolute Gasteiger partial charge is 0.481 e. The standard InChI is InChI=1S/C13H24N2O5/c1-7(2)9(6-10(16)17)14-13(19)15-11(8(3)4)12(18)20-5/h7-9,11H,6H2,1-5H3,(H,16,17)(H2,14,15,19). The number of rotatable bonds is 7. The number of carboxylic acids is 1. The van der Waals surface area contributed by atoms with Crippen LogP contribution in [0, 0.1) is 11.8 Å². The fourth-order valence-corrected chi connectivity index (χ4v) is 1.62. The van der Waals surface area contributed by atoms with Gasteiger partial charge in [0.05, 0.1) is 13.5 Å². The number of nitrogens with one attached hydrogen (secondary N) is 2. The molecule has 0 aromatic rings. The van der Waals surface area contributed by atoms with Crippen molar-refractivity contribution in [3.63, 3.8) is 0 Å². The molecule has 3 N–H and O–H groups in total. The third-order valence-electron chi connectivity index (χ3n) is 2.92. The van der Waals surface area contributed by atoms with Crippen LogP contribution in [-0.2, 0) is 14.3 Å². The van der Waals surface area contributed by atoms with E-state index in [9.17, 15) is 14.4 Å². The lowest BCUT2D eigenvalue weighted by Gasteiger charge is -2.24. The molecule has 0 saturated heterocycles. The highest BCUT2D eigenvalue weighted by Gasteiger charge is 2.26. The Balaban J connectivity index is 4.64. The SMILES string of the molecule is COC(=O)C(NC(=O)NC(CC(=O)O)C(C)C)C(C)C. The normalized spacial score (nSPS) is 13.8. The number of carbonyl (C=O) groups excluding carboxylic acids is 2. The van der Waals surface area contributed by atoms with Gasteiger partial charge in [0.25, 0.3) is 0 Å². The topological polar surface area (TPSA) is 105 Å². The molecule has 7 nitrogen and oxygen atoms in total. The second kappa shape index (κ2) is 8.39. The minimum Gasteiger partial charge on any atom is -0.481 e. The van der Waals surface area contributed by atoms with Crippen LogP contribution in [0.3, 0.4) is 0 Å². The molecule has 0 aromatic heterocycles. The highest BCUT2D eigenvalue weighted by molar-refractivity contribution is 5.84. The van der Waals surface area contributed by atoms with Gasteiger partial charge < -0.3 is 20.5 Å². The minimum absolute atomic E-state index is 0.0347. The summed E-state index contributed by atoms with van der Waals surface area (Å²) in [4.78, 5) is 34.1. The number of urea groups is 1. The molecule has 0 heterocycles. The van der Waals surface area contributed by atoms with Crippen LogP contribution < -0.4 is 10.6 Å². The summed E-state index contributed by atoms with van der Waals surface area (Å²) in [7, 11) is 1.25. The summed E-state index contributed by atoms with van der Waals surface area (Å²) in [6.45, 7) is 7.18. The van der Waals surface area contributed by atoms with E-state index in [0.29, 0.717) is 0 Å². The molecule has 2 atom stereocenters. The molecule has 0 radical (unpaired) electrons. The van der Waals surface area contributed by atoms with Crippen molar-refractivity contribution in [3.05, 3.63) is 0 Å². The Morgan fingerprint density at radius 1 is 1.05 bits per heavy atom. The zero-order chi connectivity index (χ0) is 15.9. The molecule has 2 unspecified atom stereocenters. The smallest absolute Gasteiger partial charge is 0.328 e. The zero-order valence-corrected chi connectivity index (χ0v) is 12.6.